The molecule has 0 fully saturated rings. The van der Waals surface area contributed by atoms with Crippen molar-refractivity contribution in [2.45, 2.75) is 0 Å². The molecule has 0 bridgehead atoms. The van der Waals surface area contributed by atoms with Gasteiger partial charge in [0.1, 0.15) is 0 Å². The van der Waals surface area contributed by atoms with Crippen LogP contribution in [0.2, 0.25) is 0 Å². The van der Waals surface area contributed by atoms with Crippen LogP contribution in [0.3, 0.4) is 0 Å². The molecule has 9 rings (SSSR count). The zero-order valence-electron chi connectivity index (χ0n) is 24.7. The molecule has 0 unspecified atom stereocenters. The Balaban J connectivity index is 1.03. The predicted octanol–water partition coefficient (Wildman–Crippen LogP) is 9.94. The Kier molecular flexibility index (Phi) is 6.06. The quantitative estimate of drug-likeness (QED) is 0.192. The van der Waals surface area contributed by atoms with E-state index in [0.717, 1.165) is 88.6 Å². The Bertz CT molecular complexity index is 2600. The fraction of sp³-hybridized carbons (Fsp3) is 0. The number of hydrogen-bond donors (Lipinski definition) is 0. The Morgan fingerprint density at radius 2 is 0.913 bits per heavy atom. The van der Waals surface area contributed by atoms with Crippen molar-refractivity contribution < 1.29 is 0 Å². The van der Waals surface area contributed by atoms with Gasteiger partial charge in [0.2, 0.25) is 0 Å². The summed E-state index contributed by atoms with van der Waals surface area (Å²) in [5.74, 6) is 0. The third kappa shape index (κ3) is 4.62. The van der Waals surface area contributed by atoms with Gasteiger partial charge in [0, 0.05) is 45.1 Å². The number of benzene rings is 4. The standard InChI is InChI=1S/C41H25N5/c1-2-21-42-38(8-1)39-20-15-33-24-29(13-18-36(33)45-39)28-12-17-35-32(23-28)14-19-34(44-35)30-5-3-6-31(25-30)37-16-11-27-10-9-26-7-4-22-43-40(26)41(27)46-37/h1-25H. The summed E-state index contributed by atoms with van der Waals surface area (Å²) in [6, 6.07) is 48.0. The molecule has 5 aromatic heterocycles. The first-order chi connectivity index (χ1) is 22.7. The molecule has 0 atom stereocenters. The lowest BCUT2D eigenvalue weighted by Crippen LogP contribution is -1.90. The molecule has 5 nitrogen and oxygen atoms in total. The number of rotatable bonds is 4. The maximum absolute atomic E-state index is 5.05. The summed E-state index contributed by atoms with van der Waals surface area (Å²) in [6.45, 7) is 0. The molecule has 0 saturated heterocycles. The molecule has 0 aliphatic rings. The van der Waals surface area contributed by atoms with E-state index in [2.05, 4.69) is 119 Å². The SMILES string of the molecule is c1ccc(-c2ccc3cc(-c4ccc5nc(-c6cccc(-c7ccc8ccc9cccnc9c8n7)c6)ccc5c4)ccc3n2)nc1. The van der Waals surface area contributed by atoms with Crippen LogP contribution in [-0.4, -0.2) is 24.9 Å². The van der Waals surface area contributed by atoms with Crippen LogP contribution in [0, 0.1) is 0 Å². The monoisotopic (exact) mass is 587 g/mol. The third-order valence-corrected chi connectivity index (χ3v) is 8.53. The molecular weight excluding hydrogens is 562 g/mol. The molecule has 46 heavy (non-hydrogen) atoms. The predicted molar refractivity (Wildman–Crippen MR) is 187 cm³/mol. The molecule has 0 N–H and O–H groups in total. The van der Waals surface area contributed by atoms with Crippen LogP contribution in [-0.2, 0) is 0 Å². The Morgan fingerprint density at radius 3 is 1.63 bits per heavy atom. The normalized spacial score (nSPS) is 11.5. The van der Waals surface area contributed by atoms with Crippen molar-refractivity contribution in [1.82, 2.24) is 24.9 Å². The summed E-state index contributed by atoms with van der Waals surface area (Å²) in [7, 11) is 0. The average molecular weight is 588 g/mol. The molecule has 0 amide bonds. The van der Waals surface area contributed by atoms with Crippen LogP contribution in [0.1, 0.15) is 0 Å². The second-order valence-corrected chi connectivity index (χ2v) is 11.4. The van der Waals surface area contributed by atoms with Gasteiger partial charge in [-0.15, -0.1) is 0 Å². The van der Waals surface area contributed by atoms with E-state index in [4.69, 9.17) is 15.0 Å². The first kappa shape index (κ1) is 26.1. The number of nitrogens with zero attached hydrogens (tertiary/aromatic N) is 5. The van der Waals surface area contributed by atoms with E-state index in [1.807, 2.05) is 36.5 Å². The summed E-state index contributed by atoms with van der Waals surface area (Å²) in [6.07, 6.45) is 3.62. The lowest BCUT2D eigenvalue weighted by molar-refractivity contribution is 1.28. The van der Waals surface area contributed by atoms with E-state index in [1.165, 1.54) is 0 Å². The highest BCUT2D eigenvalue weighted by Crippen LogP contribution is 2.31. The van der Waals surface area contributed by atoms with E-state index in [0.29, 0.717) is 0 Å². The molecule has 214 valence electrons. The van der Waals surface area contributed by atoms with Crippen molar-refractivity contribution in [3.05, 3.63) is 152 Å². The van der Waals surface area contributed by atoms with Gasteiger partial charge in [-0.1, -0.05) is 72.8 Å². The Labute approximate surface area is 264 Å². The lowest BCUT2D eigenvalue weighted by Gasteiger charge is -2.09. The summed E-state index contributed by atoms with van der Waals surface area (Å²) in [4.78, 5) is 24.0. The Morgan fingerprint density at radius 1 is 0.304 bits per heavy atom. The largest absolute Gasteiger partial charge is 0.255 e. The fourth-order valence-corrected chi connectivity index (χ4v) is 6.15. The molecule has 0 radical (unpaired) electrons. The minimum Gasteiger partial charge on any atom is -0.255 e. The zero-order valence-corrected chi connectivity index (χ0v) is 24.7. The summed E-state index contributed by atoms with van der Waals surface area (Å²) in [5.41, 5.74) is 11.7. The summed E-state index contributed by atoms with van der Waals surface area (Å²) < 4.78 is 0. The molecule has 5 heterocycles. The maximum Gasteiger partial charge on any atom is 0.0972 e. The third-order valence-electron chi connectivity index (χ3n) is 8.53. The number of fused-ring (bicyclic) bond motifs is 5. The van der Waals surface area contributed by atoms with Crippen molar-refractivity contribution >= 4 is 43.6 Å². The van der Waals surface area contributed by atoms with Gasteiger partial charge in [0.05, 0.1) is 44.8 Å². The van der Waals surface area contributed by atoms with Gasteiger partial charge >= 0.3 is 0 Å². The second kappa shape index (κ2) is 10.7. The highest BCUT2D eigenvalue weighted by Gasteiger charge is 2.10. The van der Waals surface area contributed by atoms with Crippen molar-refractivity contribution in [3.8, 4) is 45.0 Å². The minimum atomic E-state index is 0.873. The van der Waals surface area contributed by atoms with Gasteiger partial charge in [-0.2, -0.15) is 0 Å². The van der Waals surface area contributed by atoms with E-state index in [-0.39, 0.29) is 0 Å². The van der Waals surface area contributed by atoms with Crippen LogP contribution in [0.5, 0.6) is 0 Å². The smallest absolute Gasteiger partial charge is 0.0972 e. The van der Waals surface area contributed by atoms with Crippen LogP contribution in [0.15, 0.2) is 152 Å². The van der Waals surface area contributed by atoms with Gasteiger partial charge < -0.3 is 0 Å². The molecular formula is C41H25N5. The minimum absolute atomic E-state index is 0.873. The maximum atomic E-state index is 5.05. The Hall–Kier alpha value is -6.33. The molecule has 0 aliphatic carbocycles. The van der Waals surface area contributed by atoms with Gasteiger partial charge in [-0.25, -0.2) is 15.0 Å². The lowest BCUT2D eigenvalue weighted by atomic mass is 10.00. The fourth-order valence-electron chi connectivity index (χ4n) is 6.15. The highest BCUT2D eigenvalue weighted by molar-refractivity contribution is 6.03. The highest BCUT2D eigenvalue weighted by atomic mass is 14.8. The van der Waals surface area contributed by atoms with Gasteiger partial charge in [0.15, 0.2) is 0 Å². The molecule has 4 aromatic carbocycles. The van der Waals surface area contributed by atoms with Crippen molar-refractivity contribution in [2.75, 3.05) is 0 Å². The summed E-state index contributed by atoms with van der Waals surface area (Å²) in [5, 5.41) is 4.36. The topological polar surface area (TPSA) is 64.5 Å². The second-order valence-electron chi connectivity index (χ2n) is 11.4. The first-order valence-corrected chi connectivity index (χ1v) is 15.2. The van der Waals surface area contributed by atoms with Crippen LogP contribution >= 0.6 is 0 Å². The molecule has 0 spiro atoms. The van der Waals surface area contributed by atoms with Crippen molar-refractivity contribution in [3.63, 3.8) is 0 Å². The van der Waals surface area contributed by atoms with E-state index < -0.39 is 0 Å². The summed E-state index contributed by atoms with van der Waals surface area (Å²) >= 11 is 0. The molecule has 0 aliphatic heterocycles. The van der Waals surface area contributed by atoms with Crippen LogP contribution < -0.4 is 0 Å². The molecule has 9 aromatic rings. The first-order valence-electron chi connectivity index (χ1n) is 15.2. The van der Waals surface area contributed by atoms with E-state index >= 15 is 0 Å². The van der Waals surface area contributed by atoms with Gasteiger partial charge in [0.25, 0.3) is 0 Å². The molecule has 5 heteroatoms. The number of aromatic nitrogens is 5. The van der Waals surface area contributed by atoms with Crippen LogP contribution in [0.4, 0.5) is 0 Å². The number of hydrogen-bond acceptors (Lipinski definition) is 5. The molecule has 0 saturated carbocycles. The zero-order chi connectivity index (χ0) is 30.5. The van der Waals surface area contributed by atoms with Crippen molar-refractivity contribution in [2.24, 2.45) is 0 Å². The van der Waals surface area contributed by atoms with E-state index in [1.54, 1.807) is 6.20 Å². The van der Waals surface area contributed by atoms with Gasteiger partial charge in [-0.05, 0) is 77.9 Å². The van der Waals surface area contributed by atoms with E-state index in [9.17, 15) is 0 Å². The van der Waals surface area contributed by atoms with Crippen molar-refractivity contribution in [1.29, 1.82) is 0 Å². The van der Waals surface area contributed by atoms with Gasteiger partial charge in [-0.3, -0.25) is 9.97 Å². The van der Waals surface area contributed by atoms with Crippen LogP contribution in [0.25, 0.3) is 88.6 Å². The average Bonchev–Trinajstić information content (AvgIpc) is 3.14. The number of pyridine rings is 5.